The highest BCUT2D eigenvalue weighted by Gasteiger charge is 2.08. The molecule has 1 aromatic rings. The molecule has 1 heterocycles. The predicted molar refractivity (Wildman–Crippen MR) is 87.9 cm³/mol. The number of nitrogens with zero attached hydrogens (tertiary/aromatic N) is 1. The van der Waals surface area contributed by atoms with Gasteiger partial charge in [0.15, 0.2) is 0 Å². The summed E-state index contributed by atoms with van der Waals surface area (Å²) in [5.41, 5.74) is 2.49. The Hall–Kier alpha value is -0.890. The number of pyridine rings is 1. The van der Waals surface area contributed by atoms with Crippen LogP contribution in [0.4, 0.5) is 0 Å². The molecule has 20 heavy (non-hydrogen) atoms. The van der Waals surface area contributed by atoms with Crippen molar-refractivity contribution in [3.63, 3.8) is 0 Å². The van der Waals surface area contributed by atoms with Gasteiger partial charge in [-0.3, -0.25) is 4.98 Å². The number of rotatable bonds is 11. The van der Waals surface area contributed by atoms with Gasteiger partial charge in [-0.05, 0) is 31.4 Å². The van der Waals surface area contributed by atoms with Gasteiger partial charge in [0, 0.05) is 18.8 Å². The summed E-state index contributed by atoms with van der Waals surface area (Å²) in [6.07, 6.45) is 12.5. The van der Waals surface area contributed by atoms with Crippen molar-refractivity contribution in [1.82, 2.24) is 10.3 Å². The summed E-state index contributed by atoms with van der Waals surface area (Å²) in [5, 5.41) is 3.73. The second kappa shape index (κ2) is 10.8. The normalized spacial score (nSPS) is 11.2. The van der Waals surface area contributed by atoms with E-state index in [1.165, 1.54) is 62.6 Å². The summed E-state index contributed by atoms with van der Waals surface area (Å²) >= 11 is 0. The van der Waals surface area contributed by atoms with Gasteiger partial charge in [-0.1, -0.05) is 58.4 Å². The maximum atomic E-state index is 4.48. The number of nitrogens with one attached hydrogen (secondary N) is 1. The smallest absolute Gasteiger partial charge is 0.0570 e. The maximum absolute atomic E-state index is 4.48. The van der Waals surface area contributed by atoms with E-state index in [2.05, 4.69) is 37.1 Å². The molecule has 0 spiro atoms. The minimum absolute atomic E-state index is 0.662. The topological polar surface area (TPSA) is 24.9 Å². The lowest BCUT2D eigenvalue weighted by Crippen LogP contribution is -2.29. The number of hydrogen-bond donors (Lipinski definition) is 1. The molecule has 0 saturated carbocycles. The van der Waals surface area contributed by atoms with Crippen LogP contribution in [0.3, 0.4) is 0 Å². The van der Waals surface area contributed by atoms with Gasteiger partial charge in [0.2, 0.25) is 0 Å². The Labute approximate surface area is 125 Å². The molecule has 0 unspecified atom stereocenters. The minimum atomic E-state index is 0.662. The first-order chi connectivity index (χ1) is 9.77. The second-order valence-electron chi connectivity index (χ2n) is 5.84. The van der Waals surface area contributed by atoms with Crippen LogP contribution in [-0.4, -0.2) is 11.0 Å². The summed E-state index contributed by atoms with van der Waals surface area (Å²) in [6, 6.07) is 4.82. The highest BCUT2D eigenvalue weighted by molar-refractivity contribution is 5.17. The fourth-order valence-corrected chi connectivity index (χ4v) is 2.57. The Balaban J connectivity index is 2.39. The molecule has 1 rings (SSSR count). The Morgan fingerprint density at radius 3 is 2.25 bits per heavy atom. The number of hydrogen-bond acceptors (Lipinski definition) is 2. The van der Waals surface area contributed by atoms with E-state index in [1.54, 1.807) is 0 Å². The van der Waals surface area contributed by atoms with Crippen molar-refractivity contribution >= 4 is 0 Å². The van der Waals surface area contributed by atoms with E-state index < -0.39 is 0 Å². The molecule has 0 atom stereocenters. The van der Waals surface area contributed by atoms with Crippen LogP contribution in [0.25, 0.3) is 0 Å². The van der Waals surface area contributed by atoms with E-state index in [0.717, 1.165) is 6.54 Å². The van der Waals surface area contributed by atoms with E-state index >= 15 is 0 Å². The first-order valence-electron chi connectivity index (χ1n) is 8.41. The van der Waals surface area contributed by atoms with Gasteiger partial charge in [-0.15, -0.1) is 0 Å². The Morgan fingerprint density at radius 2 is 1.70 bits per heavy atom. The molecule has 0 fully saturated rings. The van der Waals surface area contributed by atoms with Crippen LogP contribution in [0.5, 0.6) is 0 Å². The monoisotopic (exact) mass is 276 g/mol. The van der Waals surface area contributed by atoms with Crippen molar-refractivity contribution in [2.75, 3.05) is 0 Å². The molecule has 1 aromatic heterocycles. The third-order valence-corrected chi connectivity index (χ3v) is 3.99. The van der Waals surface area contributed by atoms with Crippen LogP contribution in [0, 0.1) is 6.92 Å². The van der Waals surface area contributed by atoms with E-state index in [1.807, 2.05) is 12.3 Å². The molecule has 0 amide bonds. The van der Waals surface area contributed by atoms with Gasteiger partial charge >= 0.3 is 0 Å². The van der Waals surface area contributed by atoms with E-state index in [0.29, 0.717) is 6.04 Å². The lowest BCUT2D eigenvalue weighted by Gasteiger charge is -2.19. The number of unbranched alkanes of at least 4 members (excludes halogenated alkanes) is 4. The highest BCUT2D eigenvalue weighted by atomic mass is 14.9. The van der Waals surface area contributed by atoms with E-state index in [9.17, 15) is 0 Å². The molecule has 2 nitrogen and oxygen atoms in total. The molecule has 0 aliphatic rings. The predicted octanol–water partition coefficient (Wildman–Crippen LogP) is 5.01. The lowest BCUT2D eigenvalue weighted by atomic mass is 10.0. The Morgan fingerprint density at radius 1 is 1.05 bits per heavy atom. The van der Waals surface area contributed by atoms with Crippen LogP contribution in [0.15, 0.2) is 18.3 Å². The van der Waals surface area contributed by atoms with Crippen molar-refractivity contribution in [1.29, 1.82) is 0 Å². The second-order valence-corrected chi connectivity index (χ2v) is 5.84. The van der Waals surface area contributed by atoms with Gasteiger partial charge in [-0.2, -0.15) is 0 Å². The van der Waals surface area contributed by atoms with Gasteiger partial charge < -0.3 is 5.32 Å². The van der Waals surface area contributed by atoms with Crippen LogP contribution >= 0.6 is 0 Å². The number of aryl methyl sites for hydroxylation is 1. The average Bonchev–Trinajstić information content (AvgIpc) is 2.46. The SMILES string of the molecule is CCCCCC(CCCCC)NCc1ncccc1C. The standard InChI is InChI=1S/C18H32N2/c1-4-6-8-12-17(13-9-7-5-2)20-15-18-16(3)11-10-14-19-18/h10-11,14,17,20H,4-9,12-13,15H2,1-3H3. The molecule has 0 saturated heterocycles. The average molecular weight is 276 g/mol. The Bertz CT molecular complexity index is 339. The van der Waals surface area contributed by atoms with Gasteiger partial charge in [0.05, 0.1) is 5.69 Å². The van der Waals surface area contributed by atoms with Crippen molar-refractivity contribution in [2.24, 2.45) is 0 Å². The summed E-state index contributed by atoms with van der Waals surface area (Å²) in [5.74, 6) is 0. The summed E-state index contributed by atoms with van der Waals surface area (Å²) < 4.78 is 0. The molecular weight excluding hydrogens is 244 g/mol. The zero-order valence-electron chi connectivity index (χ0n) is 13.6. The van der Waals surface area contributed by atoms with Crippen molar-refractivity contribution in [2.45, 2.75) is 84.7 Å². The first kappa shape index (κ1) is 17.2. The molecular formula is C18H32N2. The third-order valence-electron chi connectivity index (χ3n) is 3.99. The van der Waals surface area contributed by atoms with Crippen molar-refractivity contribution in [3.8, 4) is 0 Å². The van der Waals surface area contributed by atoms with Crippen molar-refractivity contribution in [3.05, 3.63) is 29.6 Å². The molecule has 0 aliphatic heterocycles. The summed E-state index contributed by atoms with van der Waals surface area (Å²) in [7, 11) is 0. The molecule has 2 heteroatoms. The van der Waals surface area contributed by atoms with Gasteiger partial charge in [0.1, 0.15) is 0 Å². The Kier molecular flexibility index (Phi) is 9.31. The fourth-order valence-electron chi connectivity index (χ4n) is 2.57. The van der Waals surface area contributed by atoms with E-state index in [4.69, 9.17) is 0 Å². The number of aromatic nitrogens is 1. The molecule has 0 aliphatic carbocycles. The van der Waals surface area contributed by atoms with Gasteiger partial charge in [-0.25, -0.2) is 0 Å². The summed E-state index contributed by atoms with van der Waals surface area (Å²) in [4.78, 5) is 4.48. The molecule has 0 radical (unpaired) electrons. The minimum Gasteiger partial charge on any atom is -0.308 e. The lowest BCUT2D eigenvalue weighted by molar-refractivity contribution is 0.415. The molecule has 1 N–H and O–H groups in total. The van der Waals surface area contributed by atoms with Crippen LogP contribution in [-0.2, 0) is 6.54 Å². The van der Waals surface area contributed by atoms with Gasteiger partial charge in [0.25, 0.3) is 0 Å². The highest BCUT2D eigenvalue weighted by Crippen LogP contribution is 2.12. The van der Waals surface area contributed by atoms with Crippen molar-refractivity contribution < 1.29 is 0 Å². The fraction of sp³-hybridized carbons (Fsp3) is 0.722. The molecule has 0 aromatic carbocycles. The zero-order chi connectivity index (χ0) is 14.6. The largest absolute Gasteiger partial charge is 0.308 e. The first-order valence-corrected chi connectivity index (χ1v) is 8.41. The third kappa shape index (κ3) is 7.04. The summed E-state index contributed by atoms with van der Waals surface area (Å²) in [6.45, 7) is 7.61. The van der Waals surface area contributed by atoms with Crippen LogP contribution < -0.4 is 5.32 Å². The van der Waals surface area contributed by atoms with Crippen LogP contribution in [0.2, 0.25) is 0 Å². The molecule has 114 valence electrons. The zero-order valence-corrected chi connectivity index (χ0v) is 13.6. The maximum Gasteiger partial charge on any atom is 0.0570 e. The van der Waals surface area contributed by atoms with E-state index in [-0.39, 0.29) is 0 Å². The van der Waals surface area contributed by atoms with Crippen LogP contribution in [0.1, 0.15) is 76.5 Å². The molecule has 0 bridgehead atoms. The quantitative estimate of drug-likeness (QED) is 0.575.